The Morgan fingerprint density at radius 3 is 2.54 bits per heavy atom. The summed E-state index contributed by atoms with van der Waals surface area (Å²) in [4.78, 5) is 0. The van der Waals surface area contributed by atoms with Gasteiger partial charge in [-0.25, -0.2) is 13.6 Å². The van der Waals surface area contributed by atoms with Crippen molar-refractivity contribution in [2.75, 3.05) is 0 Å². The highest BCUT2D eigenvalue weighted by Crippen LogP contribution is 2.26. The molecule has 6 heteroatoms. The van der Waals surface area contributed by atoms with Crippen LogP contribution in [0.1, 0.15) is 5.56 Å². The third kappa shape index (κ3) is 2.87. The summed E-state index contributed by atoms with van der Waals surface area (Å²) >= 11 is 5.66. The second kappa shape index (κ2) is 3.53. The van der Waals surface area contributed by atoms with Crippen LogP contribution >= 0.6 is 11.6 Å². The predicted octanol–water partition coefficient (Wildman–Crippen LogP) is 0.834. The topological polar surface area (TPSA) is 80.4 Å². The van der Waals surface area contributed by atoms with E-state index in [1.54, 1.807) is 0 Å². The summed E-state index contributed by atoms with van der Waals surface area (Å²) < 4.78 is 21.4. The van der Waals surface area contributed by atoms with E-state index in [4.69, 9.17) is 16.7 Å². The van der Waals surface area contributed by atoms with Crippen molar-refractivity contribution in [1.29, 1.82) is 0 Å². The molecule has 72 valence electrons. The van der Waals surface area contributed by atoms with Crippen LogP contribution in [-0.4, -0.2) is 13.5 Å². The average Bonchev–Trinajstić information content (AvgIpc) is 1.95. The maximum absolute atomic E-state index is 10.7. The number of phenolic OH excluding ortho intramolecular Hbond substituents is 1. The molecule has 4 nitrogen and oxygen atoms in total. The van der Waals surface area contributed by atoms with Crippen molar-refractivity contribution in [1.82, 2.24) is 0 Å². The molecule has 0 unspecified atom stereocenters. The Balaban J connectivity index is 3.15. The average molecular weight is 222 g/mol. The largest absolute Gasteiger partial charge is 0.508 e. The van der Waals surface area contributed by atoms with Gasteiger partial charge in [-0.05, 0) is 12.1 Å². The fraction of sp³-hybridized carbons (Fsp3) is 0.143. The maximum atomic E-state index is 10.7. The standard InChI is InChI=1S/C7H8ClNO3S/c8-6-2-1-3-7(10)5(6)4-13(9,11)12/h1-3,10H,4H2,(H2,9,11,12). The number of phenols is 1. The summed E-state index contributed by atoms with van der Waals surface area (Å²) in [6.07, 6.45) is 0. The number of sulfonamides is 1. The molecule has 1 rings (SSSR count). The Kier molecular flexibility index (Phi) is 2.80. The SMILES string of the molecule is NS(=O)(=O)Cc1c(O)cccc1Cl. The molecule has 0 aromatic heterocycles. The summed E-state index contributed by atoms with van der Waals surface area (Å²) in [6.45, 7) is 0. The number of hydrogen-bond acceptors (Lipinski definition) is 3. The molecule has 0 spiro atoms. The zero-order valence-corrected chi connectivity index (χ0v) is 8.14. The molecular weight excluding hydrogens is 214 g/mol. The van der Waals surface area contributed by atoms with Crippen molar-refractivity contribution in [2.45, 2.75) is 5.75 Å². The molecular formula is C7H8ClNO3S. The smallest absolute Gasteiger partial charge is 0.213 e. The lowest BCUT2D eigenvalue weighted by atomic mass is 10.2. The number of nitrogens with two attached hydrogens (primary N) is 1. The van der Waals surface area contributed by atoms with Gasteiger partial charge >= 0.3 is 0 Å². The molecule has 0 aliphatic carbocycles. The van der Waals surface area contributed by atoms with Crippen LogP contribution in [0.5, 0.6) is 5.75 Å². The lowest BCUT2D eigenvalue weighted by molar-refractivity contribution is 0.470. The summed E-state index contributed by atoms with van der Waals surface area (Å²) in [7, 11) is -3.67. The van der Waals surface area contributed by atoms with E-state index in [0.717, 1.165) is 0 Å². The van der Waals surface area contributed by atoms with Crippen LogP contribution in [0, 0.1) is 0 Å². The highest BCUT2D eigenvalue weighted by Gasteiger charge is 2.12. The van der Waals surface area contributed by atoms with Crippen LogP contribution in [0.2, 0.25) is 5.02 Å². The van der Waals surface area contributed by atoms with Crippen molar-refractivity contribution in [3.63, 3.8) is 0 Å². The molecule has 0 aliphatic heterocycles. The summed E-state index contributed by atoms with van der Waals surface area (Å²) in [5.41, 5.74) is 0.131. The maximum Gasteiger partial charge on any atom is 0.213 e. The monoisotopic (exact) mass is 221 g/mol. The van der Waals surface area contributed by atoms with Crippen LogP contribution in [0.25, 0.3) is 0 Å². The highest BCUT2D eigenvalue weighted by atomic mass is 35.5. The van der Waals surface area contributed by atoms with E-state index in [1.807, 2.05) is 0 Å². The Labute approximate surface area is 81.0 Å². The van der Waals surface area contributed by atoms with Crippen LogP contribution in [0.4, 0.5) is 0 Å². The Bertz CT molecular complexity index is 395. The third-order valence-corrected chi connectivity index (χ3v) is 2.48. The fourth-order valence-electron chi connectivity index (χ4n) is 0.891. The predicted molar refractivity (Wildman–Crippen MR) is 49.9 cm³/mol. The van der Waals surface area contributed by atoms with Crippen molar-refractivity contribution < 1.29 is 13.5 Å². The van der Waals surface area contributed by atoms with Gasteiger partial charge in [0.1, 0.15) is 5.75 Å². The molecule has 0 amide bonds. The molecule has 0 saturated heterocycles. The Hall–Kier alpha value is -0.780. The van der Waals surface area contributed by atoms with E-state index in [-0.39, 0.29) is 16.3 Å². The number of primary sulfonamides is 1. The van der Waals surface area contributed by atoms with Crippen molar-refractivity contribution in [3.05, 3.63) is 28.8 Å². The second-order valence-electron chi connectivity index (χ2n) is 2.54. The van der Waals surface area contributed by atoms with E-state index in [2.05, 4.69) is 0 Å². The number of halogens is 1. The van der Waals surface area contributed by atoms with Crippen LogP contribution in [0.15, 0.2) is 18.2 Å². The van der Waals surface area contributed by atoms with E-state index in [1.165, 1.54) is 18.2 Å². The van der Waals surface area contributed by atoms with Gasteiger partial charge in [0, 0.05) is 10.6 Å². The lowest BCUT2D eigenvalue weighted by Crippen LogP contribution is -2.14. The first kappa shape index (κ1) is 10.3. The van der Waals surface area contributed by atoms with Crippen LogP contribution < -0.4 is 5.14 Å². The quantitative estimate of drug-likeness (QED) is 0.777. The van der Waals surface area contributed by atoms with Gasteiger partial charge in [-0.15, -0.1) is 0 Å². The molecule has 0 saturated carbocycles. The molecule has 13 heavy (non-hydrogen) atoms. The molecule has 3 N–H and O–H groups in total. The van der Waals surface area contributed by atoms with Gasteiger partial charge in [0.15, 0.2) is 0 Å². The number of aromatic hydroxyl groups is 1. The Morgan fingerprint density at radius 2 is 2.08 bits per heavy atom. The lowest BCUT2D eigenvalue weighted by Gasteiger charge is -2.04. The highest BCUT2D eigenvalue weighted by molar-refractivity contribution is 7.88. The van der Waals surface area contributed by atoms with Gasteiger partial charge in [-0.1, -0.05) is 17.7 Å². The molecule has 0 atom stereocenters. The van der Waals surface area contributed by atoms with Crippen molar-refractivity contribution in [2.24, 2.45) is 5.14 Å². The van der Waals surface area contributed by atoms with E-state index in [0.29, 0.717) is 0 Å². The first-order chi connectivity index (χ1) is 5.90. The normalized spacial score (nSPS) is 11.5. The number of hydrogen-bond donors (Lipinski definition) is 2. The summed E-state index contributed by atoms with van der Waals surface area (Å²) in [5.74, 6) is -0.625. The van der Waals surface area contributed by atoms with E-state index >= 15 is 0 Å². The summed E-state index contributed by atoms with van der Waals surface area (Å²) in [6, 6.07) is 4.36. The van der Waals surface area contributed by atoms with Crippen LogP contribution in [0.3, 0.4) is 0 Å². The van der Waals surface area contributed by atoms with E-state index in [9.17, 15) is 13.5 Å². The van der Waals surface area contributed by atoms with Gasteiger partial charge in [0.05, 0.1) is 5.75 Å². The number of benzene rings is 1. The van der Waals surface area contributed by atoms with Crippen molar-refractivity contribution >= 4 is 21.6 Å². The van der Waals surface area contributed by atoms with Gasteiger partial charge in [0.2, 0.25) is 10.0 Å². The zero-order valence-electron chi connectivity index (χ0n) is 6.57. The Morgan fingerprint density at radius 1 is 1.46 bits per heavy atom. The molecule has 0 radical (unpaired) electrons. The second-order valence-corrected chi connectivity index (χ2v) is 4.57. The third-order valence-electron chi connectivity index (χ3n) is 1.44. The van der Waals surface area contributed by atoms with Gasteiger partial charge < -0.3 is 5.11 Å². The van der Waals surface area contributed by atoms with Gasteiger partial charge in [0.25, 0.3) is 0 Å². The minimum Gasteiger partial charge on any atom is -0.508 e. The molecule has 1 aromatic rings. The summed E-state index contributed by atoms with van der Waals surface area (Å²) in [5, 5.41) is 14.2. The minimum absolute atomic E-state index is 0.131. The minimum atomic E-state index is -3.67. The first-order valence-corrected chi connectivity index (χ1v) is 5.46. The molecule has 1 aromatic carbocycles. The van der Waals surface area contributed by atoms with Crippen molar-refractivity contribution in [3.8, 4) is 5.75 Å². The molecule has 0 fully saturated rings. The molecule has 0 heterocycles. The fourth-order valence-corrected chi connectivity index (χ4v) is 1.91. The van der Waals surface area contributed by atoms with E-state index < -0.39 is 15.8 Å². The molecule has 0 aliphatic rings. The zero-order chi connectivity index (χ0) is 10.1. The van der Waals surface area contributed by atoms with Gasteiger partial charge in [-0.3, -0.25) is 0 Å². The van der Waals surface area contributed by atoms with Gasteiger partial charge in [-0.2, -0.15) is 0 Å². The van der Waals surface area contributed by atoms with Crippen LogP contribution in [-0.2, 0) is 15.8 Å². The first-order valence-electron chi connectivity index (χ1n) is 3.37. The molecule has 0 bridgehead atoms. The number of rotatable bonds is 2.